The zero-order valence-electron chi connectivity index (χ0n) is 18.6. The minimum Gasteiger partial charge on any atom is -0.404 e. The van der Waals surface area contributed by atoms with Gasteiger partial charge in [0.1, 0.15) is 21.7 Å². The molecule has 4 atom stereocenters. The Bertz CT molecular complexity index is 1270. The Morgan fingerprint density at radius 2 is 1.94 bits per heavy atom. The Morgan fingerprint density at radius 3 is 2.65 bits per heavy atom. The number of fused-ring (bicyclic) bond motifs is 1. The van der Waals surface area contributed by atoms with Crippen molar-refractivity contribution in [3.05, 3.63) is 93.2 Å². The van der Waals surface area contributed by atoms with Gasteiger partial charge >= 0.3 is 5.88 Å². The van der Waals surface area contributed by atoms with Gasteiger partial charge in [0.25, 0.3) is 0 Å². The highest BCUT2D eigenvalue weighted by molar-refractivity contribution is 9.10. The van der Waals surface area contributed by atoms with Gasteiger partial charge in [0.05, 0.1) is 23.8 Å². The monoisotopic (exact) mass is 522 g/mol. The molecule has 5 rings (SSSR count). The van der Waals surface area contributed by atoms with Gasteiger partial charge in [-0.1, -0.05) is 57.9 Å². The molecule has 1 saturated heterocycles. The van der Waals surface area contributed by atoms with E-state index >= 15 is 0 Å². The molecule has 0 amide bonds. The molecular weight excluding hydrogens is 500 g/mol. The van der Waals surface area contributed by atoms with Crippen LogP contribution in [0.1, 0.15) is 41.0 Å². The summed E-state index contributed by atoms with van der Waals surface area (Å²) in [4.78, 5) is 10.4. The maximum absolute atomic E-state index is 11.2. The number of alkyl halides is 1. The number of nitrogens with one attached hydrogen (secondary N) is 1. The molecule has 9 nitrogen and oxygen atoms in total. The largest absolute Gasteiger partial charge is 0.433 e. The van der Waals surface area contributed by atoms with Gasteiger partial charge in [-0.15, -0.1) is 10.2 Å². The van der Waals surface area contributed by atoms with Gasteiger partial charge in [-0.3, -0.25) is 20.4 Å². The zero-order valence-corrected chi connectivity index (χ0v) is 20.2. The van der Waals surface area contributed by atoms with Crippen molar-refractivity contribution in [1.29, 1.82) is 0 Å². The first-order chi connectivity index (χ1) is 16.4. The molecule has 2 aliphatic rings. The van der Waals surface area contributed by atoms with Crippen molar-refractivity contribution in [2.24, 2.45) is 15.3 Å². The lowest BCUT2D eigenvalue weighted by atomic mass is 9.90. The third-order valence-electron chi connectivity index (χ3n) is 6.12. The average molecular weight is 523 g/mol. The third kappa shape index (κ3) is 4.26. The topological polar surface area (TPSA) is 109 Å². The molecule has 0 radical (unpaired) electrons. The Morgan fingerprint density at radius 1 is 1.15 bits per heavy atom. The minimum atomic E-state index is -0.520. The van der Waals surface area contributed by atoms with Crippen LogP contribution in [0, 0.1) is 24.0 Å². The van der Waals surface area contributed by atoms with E-state index in [4.69, 9.17) is 9.52 Å². The van der Waals surface area contributed by atoms with Crippen molar-refractivity contribution in [1.82, 2.24) is 10.3 Å². The molecular formula is C24H23BrN6O3. The van der Waals surface area contributed by atoms with Crippen LogP contribution < -0.4 is 5.32 Å². The van der Waals surface area contributed by atoms with Crippen LogP contribution in [0.3, 0.4) is 0 Å². The summed E-state index contributed by atoms with van der Waals surface area (Å²) in [6, 6.07) is 18.6. The first-order valence-electron chi connectivity index (χ1n) is 11.0. The van der Waals surface area contributed by atoms with Crippen LogP contribution in [0.2, 0.25) is 0 Å². The van der Waals surface area contributed by atoms with Crippen LogP contribution in [0.25, 0.3) is 0 Å². The van der Waals surface area contributed by atoms with E-state index in [1.165, 1.54) is 11.6 Å². The quantitative estimate of drug-likeness (QED) is 0.193. The SMILES string of the molecule is Cc1ccc(C2CC(c3ccc([N+](=O)[O-])o3)NC3C(Br)C(N=Nc4ccccc4)=NN23)c(C)c1. The second kappa shape index (κ2) is 9.11. The van der Waals surface area contributed by atoms with E-state index in [1.807, 2.05) is 35.3 Å². The van der Waals surface area contributed by atoms with Gasteiger partial charge in [0.2, 0.25) is 0 Å². The van der Waals surface area contributed by atoms with Gasteiger partial charge in [0.15, 0.2) is 5.84 Å². The first-order valence-corrected chi connectivity index (χ1v) is 11.9. The molecule has 1 fully saturated rings. The molecule has 34 heavy (non-hydrogen) atoms. The van der Waals surface area contributed by atoms with Crippen molar-refractivity contribution in [2.75, 3.05) is 0 Å². The smallest absolute Gasteiger partial charge is 0.404 e. The van der Waals surface area contributed by atoms with Gasteiger partial charge in [0, 0.05) is 0 Å². The fourth-order valence-electron chi connectivity index (χ4n) is 4.51. The van der Waals surface area contributed by atoms with Gasteiger partial charge < -0.3 is 4.42 Å². The summed E-state index contributed by atoms with van der Waals surface area (Å²) in [6.07, 6.45) is 0.385. The normalized spacial score (nSPS) is 24.3. The number of nitrogens with zero attached hydrogens (tertiary/aromatic N) is 5. The summed E-state index contributed by atoms with van der Waals surface area (Å²) in [5.41, 5.74) is 4.24. The van der Waals surface area contributed by atoms with E-state index in [2.05, 4.69) is 63.5 Å². The second-order valence-corrected chi connectivity index (χ2v) is 9.47. The third-order valence-corrected chi connectivity index (χ3v) is 7.03. The summed E-state index contributed by atoms with van der Waals surface area (Å²) >= 11 is 3.75. The predicted octanol–water partition coefficient (Wildman–Crippen LogP) is 6.08. The number of hydrogen-bond acceptors (Lipinski definition) is 8. The summed E-state index contributed by atoms with van der Waals surface area (Å²) in [7, 11) is 0. The van der Waals surface area contributed by atoms with Crippen LogP contribution in [-0.2, 0) is 0 Å². The number of hydrogen-bond donors (Lipinski definition) is 1. The second-order valence-electron chi connectivity index (χ2n) is 8.48. The number of rotatable bonds is 4. The number of nitro groups is 1. The molecule has 2 aliphatic heterocycles. The standard InChI is InChI=1S/C24H23BrN6O3/c1-14-8-9-17(15(2)12-14)19-13-18(20-10-11-21(34-20)31(32)33)26-24-22(25)23(29-30(19)24)28-27-16-6-4-3-5-7-16/h3-12,18-19,22,24,26H,13H2,1-2H3. The molecule has 1 aromatic heterocycles. The number of azo groups is 1. The Hall–Kier alpha value is -3.37. The molecule has 10 heteroatoms. The van der Waals surface area contributed by atoms with Crippen molar-refractivity contribution >= 4 is 33.3 Å². The molecule has 0 aliphatic carbocycles. The lowest BCUT2D eigenvalue weighted by Gasteiger charge is -2.42. The molecule has 0 bridgehead atoms. The number of aryl methyl sites for hydroxylation is 2. The molecule has 3 heterocycles. The van der Waals surface area contributed by atoms with Gasteiger partial charge in [-0.05, 0) is 49.6 Å². The highest BCUT2D eigenvalue weighted by atomic mass is 79.9. The highest BCUT2D eigenvalue weighted by Gasteiger charge is 2.46. The molecule has 0 saturated carbocycles. The van der Waals surface area contributed by atoms with E-state index in [0.717, 1.165) is 16.8 Å². The summed E-state index contributed by atoms with van der Waals surface area (Å²) in [5, 5.41) is 30.3. The Labute approximate surface area is 204 Å². The number of benzene rings is 2. The fourth-order valence-corrected chi connectivity index (χ4v) is 5.09. The van der Waals surface area contributed by atoms with Crippen molar-refractivity contribution in [3.63, 3.8) is 0 Å². The highest BCUT2D eigenvalue weighted by Crippen LogP contribution is 2.43. The van der Waals surface area contributed by atoms with E-state index in [9.17, 15) is 10.1 Å². The van der Waals surface area contributed by atoms with Crippen molar-refractivity contribution in [3.8, 4) is 0 Å². The Kier molecular flexibility index (Phi) is 6.01. The first kappa shape index (κ1) is 22.4. The van der Waals surface area contributed by atoms with E-state index < -0.39 is 4.92 Å². The van der Waals surface area contributed by atoms with Crippen LogP contribution in [0.5, 0.6) is 0 Å². The number of furan rings is 1. The van der Waals surface area contributed by atoms with Crippen molar-refractivity contribution in [2.45, 2.75) is 43.3 Å². The molecule has 2 aromatic carbocycles. The number of hydrazone groups is 1. The van der Waals surface area contributed by atoms with Crippen LogP contribution in [-0.4, -0.2) is 26.8 Å². The summed E-state index contributed by atoms with van der Waals surface area (Å²) < 4.78 is 5.56. The van der Waals surface area contributed by atoms with Crippen LogP contribution in [0.4, 0.5) is 11.6 Å². The number of halogens is 1. The lowest BCUT2D eigenvalue weighted by molar-refractivity contribution is -0.402. The van der Waals surface area contributed by atoms with E-state index in [-0.39, 0.29) is 29.0 Å². The lowest BCUT2D eigenvalue weighted by Crippen LogP contribution is -2.53. The van der Waals surface area contributed by atoms with Crippen LogP contribution >= 0.6 is 15.9 Å². The average Bonchev–Trinajstić information content (AvgIpc) is 3.44. The van der Waals surface area contributed by atoms with Gasteiger partial charge in [-0.2, -0.15) is 5.10 Å². The number of amidine groups is 1. The molecule has 4 unspecified atom stereocenters. The van der Waals surface area contributed by atoms with E-state index in [0.29, 0.717) is 18.0 Å². The Balaban J connectivity index is 1.50. The van der Waals surface area contributed by atoms with Gasteiger partial charge in [-0.25, -0.2) is 0 Å². The predicted molar refractivity (Wildman–Crippen MR) is 131 cm³/mol. The minimum absolute atomic E-state index is 0.0783. The van der Waals surface area contributed by atoms with Crippen LogP contribution in [0.15, 0.2) is 80.4 Å². The van der Waals surface area contributed by atoms with Crippen molar-refractivity contribution < 1.29 is 9.34 Å². The molecule has 3 aromatic rings. The fraction of sp³-hybridized carbons (Fsp3) is 0.292. The molecule has 1 N–H and O–H groups in total. The zero-order chi connectivity index (χ0) is 23.8. The summed E-state index contributed by atoms with van der Waals surface area (Å²) in [6.45, 7) is 4.16. The molecule has 174 valence electrons. The summed E-state index contributed by atoms with van der Waals surface area (Å²) in [5.74, 6) is 0.820. The molecule has 0 spiro atoms. The maximum Gasteiger partial charge on any atom is 0.433 e. The van der Waals surface area contributed by atoms with E-state index in [1.54, 1.807) is 6.07 Å². The maximum atomic E-state index is 11.2.